The molecule has 0 saturated carbocycles. The molecular formula is C25H23N3O4. The number of phenolic OH excluding ortho intramolecular Hbond substituents is 1. The van der Waals surface area contributed by atoms with E-state index in [-0.39, 0.29) is 17.1 Å². The third-order valence-electron chi connectivity index (χ3n) is 5.08. The molecule has 4 rings (SSSR count). The summed E-state index contributed by atoms with van der Waals surface area (Å²) in [6, 6.07) is 13.3. The fraction of sp³-hybridized carbons (Fsp3) is 0.160. The van der Waals surface area contributed by atoms with E-state index in [1.165, 1.54) is 18.2 Å². The molecule has 0 bridgehead atoms. The van der Waals surface area contributed by atoms with Crippen LogP contribution in [0.1, 0.15) is 36.7 Å². The fourth-order valence-electron chi connectivity index (χ4n) is 3.65. The molecule has 1 aliphatic heterocycles. The van der Waals surface area contributed by atoms with Crippen LogP contribution >= 0.6 is 0 Å². The predicted molar refractivity (Wildman–Crippen MR) is 122 cm³/mol. The molecule has 162 valence electrons. The van der Waals surface area contributed by atoms with Crippen molar-refractivity contribution >= 4 is 23.3 Å². The molecule has 1 aliphatic carbocycles. The number of amidine groups is 1. The highest BCUT2D eigenvalue weighted by Crippen LogP contribution is 2.38. The van der Waals surface area contributed by atoms with Gasteiger partial charge in [-0.15, -0.1) is 0 Å². The van der Waals surface area contributed by atoms with Gasteiger partial charge in [0.2, 0.25) is 0 Å². The Morgan fingerprint density at radius 3 is 2.22 bits per heavy atom. The zero-order chi connectivity index (χ0) is 23.0. The zero-order valence-corrected chi connectivity index (χ0v) is 18.0. The number of aromatic carboxylic acids is 1. The number of carboxylic acids is 1. The Labute approximate surface area is 185 Å². The van der Waals surface area contributed by atoms with Crippen LogP contribution in [0.4, 0.5) is 5.69 Å². The number of phenols is 1. The minimum absolute atomic E-state index is 0.0679. The minimum Gasteiger partial charge on any atom is -0.507 e. The highest BCUT2D eigenvalue weighted by Gasteiger charge is 2.41. The molecule has 2 aromatic carbocycles. The summed E-state index contributed by atoms with van der Waals surface area (Å²) in [5, 5.41) is 23.5. The van der Waals surface area contributed by atoms with Crippen LogP contribution in [0.3, 0.4) is 0 Å². The number of benzene rings is 2. The number of hydrazine groups is 1. The topological polar surface area (TPSA) is 93.4 Å². The molecule has 2 aliphatic rings. The Bertz CT molecular complexity index is 1210. The summed E-state index contributed by atoms with van der Waals surface area (Å²) >= 11 is 0. The molecule has 0 amide bonds. The van der Waals surface area contributed by atoms with Gasteiger partial charge < -0.3 is 10.2 Å². The maximum Gasteiger partial charge on any atom is 0.335 e. The molecule has 0 spiro atoms. The number of carbonyl (C=O) groups excluding carboxylic acids is 1. The molecule has 0 fully saturated rings. The minimum atomic E-state index is -1.02. The van der Waals surface area contributed by atoms with E-state index in [0.29, 0.717) is 28.5 Å². The summed E-state index contributed by atoms with van der Waals surface area (Å²) in [6.07, 6.45) is 6.62. The van der Waals surface area contributed by atoms with Crippen molar-refractivity contribution in [2.45, 2.75) is 26.3 Å². The Morgan fingerprint density at radius 1 is 0.969 bits per heavy atom. The third-order valence-corrected chi connectivity index (χ3v) is 5.08. The van der Waals surface area contributed by atoms with Gasteiger partial charge in [0.15, 0.2) is 17.4 Å². The largest absolute Gasteiger partial charge is 0.507 e. The summed E-state index contributed by atoms with van der Waals surface area (Å²) in [6.45, 7) is 5.98. The molecule has 32 heavy (non-hydrogen) atoms. The van der Waals surface area contributed by atoms with Crippen molar-refractivity contribution in [3.63, 3.8) is 0 Å². The summed E-state index contributed by atoms with van der Waals surface area (Å²) in [5.74, 6) is -0.266. The molecule has 0 atom stereocenters. The van der Waals surface area contributed by atoms with E-state index in [1.54, 1.807) is 53.6 Å². The number of carboxylic acid groups (broad SMARTS) is 1. The number of aromatic hydroxyl groups is 1. The second-order valence-electron chi connectivity index (χ2n) is 8.42. The molecule has 2 aromatic rings. The molecule has 7 heteroatoms. The number of para-hydroxylation sites is 1. The molecule has 0 saturated heterocycles. The van der Waals surface area contributed by atoms with Crippen LogP contribution in [0.15, 0.2) is 89.2 Å². The van der Waals surface area contributed by atoms with Crippen molar-refractivity contribution in [3.8, 4) is 5.75 Å². The number of ketones is 1. The molecule has 7 nitrogen and oxygen atoms in total. The monoisotopic (exact) mass is 429 g/mol. The molecule has 2 N–H and O–H groups in total. The van der Waals surface area contributed by atoms with E-state index < -0.39 is 11.5 Å². The van der Waals surface area contributed by atoms with E-state index in [1.807, 2.05) is 31.8 Å². The molecule has 0 aromatic heterocycles. The fourth-order valence-corrected chi connectivity index (χ4v) is 3.65. The lowest BCUT2D eigenvalue weighted by Gasteiger charge is -2.42. The summed E-state index contributed by atoms with van der Waals surface area (Å²) < 4.78 is 0. The van der Waals surface area contributed by atoms with Gasteiger partial charge in [0.25, 0.3) is 0 Å². The maximum atomic E-state index is 12.7. The Balaban J connectivity index is 1.98. The first-order valence-corrected chi connectivity index (χ1v) is 10.1. The highest BCUT2D eigenvalue weighted by atomic mass is 16.4. The Kier molecular flexibility index (Phi) is 5.18. The summed E-state index contributed by atoms with van der Waals surface area (Å²) in [5.41, 5.74) is 1.20. The lowest BCUT2D eigenvalue weighted by atomic mass is 10.0. The number of hydrogen-bond acceptors (Lipinski definition) is 6. The zero-order valence-electron chi connectivity index (χ0n) is 18.0. The van der Waals surface area contributed by atoms with Crippen LogP contribution in [0.2, 0.25) is 0 Å². The number of nitrogens with zero attached hydrogens (tertiary/aromatic N) is 3. The van der Waals surface area contributed by atoms with Gasteiger partial charge in [0, 0.05) is 0 Å². The summed E-state index contributed by atoms with van der Waals surface area (Å²) in [4.78, 5) is 28.9. The van der Waals surface area contributed by atoms with Crippen molar-refractivity contribution in [2.75, 3.05) is 5.01 Å². The van der Waals surface area contributed by atoms with E-state index in [2.05, 4.69) is 0 Å². The van der Waals surface area contributed by atoms with E-state index in [9.17, 15) is 19.8 Å². The lowest BCUT2D eigenvalue weighted by Crippen LogP contribution is -2.52. The van der Waals surface area contributed by atoms with Gasteiger partial charge in [-0.25, -0.2) is 14.8 Å². The molecule has 1 heterocycles. The summed E-state index contributed by atoms with van der Waals surface area (Å²) in [7, 11) is 0. The van der Waals surface area contributed by atoms with Crippen LogP contribution in [0, 0.1) is 0 Å². The first-order chi connectivity index (χ1) is 15.2. The Morgan fingerprint density at radius 2 is 1.62 bits per heavy atom. The van der Waals surface area contributed by atoms with Gasteiger partial charge in [0.1, 0.15) is 5.75 Å². The van der Waals surface area contributed by atoms with Crippen molar-refractivity contribution in [2.24, 2.45) is 4.99 Å². The standard InChI is InChI=1S/C25H23N3O4/c1-25(2,3)28-23(19-9-5-7-11-21(19)30)26-22(18-8-4-6-10-20(18)29)27(28)17-14-12-16(13-15-17)24(31)32/h4-15,30H,1-3H3,(H,31,32)/b22-18+. The van der Waals surface area contributed by atoms with Gasteiger partial charge in [-0.05, 0) is 69.3 Å². The number of allylic oxidation sites excluding steroid dienone is 5. The predicted octanol–water partition coefficient (Wildman–Crippen LogP) is 4.28. The maximum absolute atomic E-state index is 12.7. The number of hydrogen-bond donors (Lipinski definition) is 2. The van der Waals surface area contributed by atoms with Gasteiger partial charge in [-0.2, -0.15) is 0 Å². The number of carbonyl (C=O) groups is 2. The van der Waals surface area contributed by atoms with Gasteiger partial charge in [0.05, 0.1) is 27.9 Å². The average Bonchev–Trinajstić information content (AvgIpc) is 3.15. The van der Waals surface area contributed by atoms with Crippen molar-refractivity contribution in [3.05, 3.63) is 95.4 Å². The second kappa shape index (κ2) is 7.85. The molecular weight excluding hydrogens is 406 g/mol. The number of aliphatic imine (C=N–C) groups is 1. The second-order valence-corrected chi connectivity index (χ2v) is 8.42. The SMILES string of the molecule is CC(C)(C)N1C(c2ccccc2O)=N/C(=C2/C=CC=CC2=O)N1c1ccc(C(=O)O)cc1. The van der Waals surface area contributed by atoms with E-state index in [0.717, 1.165) is 0 Å². The van der Waals surface area contributed by atoms with Gasteiger partial charge >= 0.3 is 5.97 Å². The smallest absolute Gasteiger partial charge is 0.335 e. The average molecular weight is 429 g/mol. The van der Waals surface area contributed by atoms with E-state index >= 15 is 0 Å². The number of anilines is 1. The normalized spacial score (nSPS) is 18.3. The Hall–Kier alpha value is -4.13. The quantitative estimate of drug-likeness (QED) is 0.708. The highest BCUT2D eigenvalue weighted by molar-refractivity contribution is 6.11. The van der Waals surface area contributed by atoms with Crippen LogP contribution in [0.25, 0.3) is 0 Å². The van der Waals surface area contributed by atoms with Crippen LogP contribution in [-0.4, -0.2) is 38.3 Å². The van der Waals surface area contributed by atoms with Crippen LogP contribution in [0.5, 0.6) is 5.75 Å². The number of rotatable bonds is 3. The van der Waals surface area contributed by atoms with Crippen molar-refractivity contribution in [1.29, 1.82) is 0 Å². The first-order valence-electron chi connectivity index (χ1n) is 10.1. The van der Waals surface area contributed by atoms with Gasteiger partial charge in [-0.3, -0.25) is 9.80 Å². The van der Waals surface area contributed by atoms with Gasteiger partial charge in [-0.1, -0.05) is 24.3 Å². The third kappa shape index (κ3) is 3.69. The van der Waals surface area contributed by atoms with Crippen molar-refractivity contribution in [1.82, 2.24) is 5.01 Å². The van der Waals surface area contributed by atoms with Crippen LogP contribution < -0.4 is 5.01 Å². The molecule has 0 unspecified atom stereocenters. The van der Waals surface area contributed by atoms with Crippen LogP contribution in [-0.2, 0) is 4.79 Å². The molecule has 0 radical (unpaired) electrons. The van der Waals surface area contributed by atoms with E-state index in [4.69, 9.17) is 4.99 Å². The first kappa shape index (κ1) is 21.1. The lowest BCUT2D eigenvalue weighted by molar-refractivity contribution is -0.111. The van der Waals surface area contributed by atoms with Crippen molar-refractivity contribution < 1.29 is 19.8 Å².